The summed E-state index contributed by atoms with van der Waals surface area (Å²) in [5.41, 5.74) is 0.655. The quantitative estimate of drug-likeness (QED) is 0.755. The van der Waals surface area contributed by atoms with Crippen molar-refractivity contribution in [1.82, 2.24) is 4.90 Å². The van der Waals surface area contributed by atoms with E-state index >= 15 is 0 Å². The molecule has 8 heteroatoms. The number of carbonyl (C=O) groups is 3. The lowest BCUT2D eigenvalue weighted by molar-refractivity contribution is -0.140. The first kappa shape index (κ1) is 17.9. The number of benzene rings is 1. The molecule has 1 fully saturated rings. The maximum atomic E-state index is 12.1. The maximum Gasteiger partial charge on any atom is 0.323 e. The molecule has 2 rings (SSSR count). The molecule has 7 nitrogen and oxygen atoms in total. The minimum Gasteiger partial charge on any atom is -0.490 e. The van der Waals surface area contributed by atoms with Gasteiger partial charge in [0.25, 0.3) is 11.1 Å². The number of imide groups is 1. The lowest BCUT2D eigenvalue weighted by Gasteiger charge is -2.11. The number of carboxylic acids is 1. The standard InChI is InChI=1S/C16H17NO6S/c1-3-22-11-6-5-10(7-12(11)23-4-2)8-13-15(20)17(9-14(18)19)16(21)24-13/h5-8H,3-4,9H2,1-2H3,(H,18,19)/b13-8+. The average molecular weight is 351 g/mol. The Balaban J connectivity index is 2.27. The molecule has 0 aliphatic carbocycles. The molecular formula is C16H17NO6S. The molecule has 0 aromatic heterocycles. The van der Waals surface area contributed by atoms with Crippen molar-refractivity contribution >= 4 is 35.0 Å². The Bertz CT molecular complexity index is 700. The highest BCUT2D eigenvalue weighted by atomic mass is 32.2. The molecule has 0 unspecified atom stereocenters. The molecule has 1 aliphatic rings. The van der Waals surface area contributed by atoms with Crippen LogP contribution in [0.4, 0.5) is 4.79 Å². The van der Waals surface area contributed by atoms with Gasteiger partial charge >= 0.3 is 5.97 Å². The zero-order valence-electron chi connectivity index (χ0n) is 13.3. The van der Waals surface area contributed by atoms with Crippen LogP contribution in [0.3, 0.4) is 0 Å². The number of carbonyl (C=O) groups excluding carboxylic acids is 2. The van der Waals surface area contributed by atoms with Crippen molar-refractivity contribution in [3.63, 3.8) is 0 Å². The highest BCUT2D eigenvalue weighted by molar-refractivity contribution is 8.18. The van der Waals surface area contributed by atoms with Crippen molar-refractivity contribution in [2.24, 2.45) is 0 Å². The second-order valence-corrected chi connectivity index (χ2v) is 5.73. The largest absolute Gasteiger partial charge is 0.490 e. The van der Waals surface area contributed by atoms with Gasteiger partial charge < -0.3 is 14.6 Å². The van der Waals surface area contributed by atoms with Crippen LogP contribution in [-0.4, -0.2) is 46.9 Å². The van der Waals surface area contributed by atoms with Gasteiger partial charge in [0.2, 0.25) is 0 Å². The number of amides is 2. The Morgan fingerprint density at radius 1 is 1.21 bits per heavy atom. The van der Waals surface area contributed by atoms with Crippen LogP contribution in [0.15, 0.2) is 23.1 Å². The van der Waals surface area contributed by atoms with Gasteiger partial charge in [-0.2, -0.15) is 0 Å². The number of nitrogens with zero attached hydrogens (tertiary/aromatic N) is 1. The third-order valence-corrected chi connectivity index (χ3v) is 3.94. The minimum atomic E-state index is -1.24. The van der Waals surface area contributed by atoms with E-state index in [9.17, 15) is 14.4 Å². The summed E-state index contributed by atoms with van der Waals surface area (Å²) >= 11 is 0.715. The lowest BCUT2D eigenvalue weighted by Crippen LogP contribution is -2.33. The Hall–Kier alpha value is -2.48. The Morgan fingerprint density at radius 3 is 2.50 bits per heavy atom. The van der Waals surface area contributed by atoms with Crippen molar-refractivity contribution in [1.29, 1.82) is 0 Å². The fourth-order valence-corrected chi connectivity index (χ4v) is 2.92. The van der Waals surface area contributed by atoms with Gasteiger partial charge in [-0.1, -0.05) is 6.07 Å². The summed E-state index contributed by atoms with van der Waals surface area (Å²) < 4.78 is 11.0. The van der Waals surface area contributed by atoms with Crippen LogP contribution < -0.4 is 9.47 Å². The van der Waals surface area contributed by atoms with Crippen molar-refractivity contribution in [3.8, 4) is 11.5 Å². The predicted octanol–water partition coefficient (Wildman–Crippen LogP) is 2.60. The summed E-state index contributed by atoms with van der Waals surface area (Å²) in [6.45, 7) is 4.02. The van der Waals surface area contributed by atoms with E-state index in [4.69, 9.17) is 14.6 Å². The second-order valence-electron chi connectivity index (χ2n) is 4.73. The zero-order valence-corrected chi connectivity index (χ0v) is 14.1. The Labute approximate surface area is 143 Å². The highest BCUT2D eigenvalue weighted by Crippen LogP contribution is 2.34. The van der Waals surface area contributed by atoms with Crippen LogP contribution in [-0.2, 0) is 9.59 Å². The van der Waals surface area contributed by atoms with E-state index in [-0.39, 0.29) is 4.91 Å². The van der Waals surface area contributed by atoms with Gasteiger partial charge in [-0.25, -0.2) is 0 Å². The number of carboxylic acid groups (broad SMARTS) is 1. The highest BCUT2D eigenvalue weighted by Gasteiger charge is 2.36. The molecule has 1 aromatic rings. The molecule has 0 atom stereocenters. The van der Waals surface area contributed by atoms with E-state index in [0.717, 1.165) is 0 Å². The van der Waals surface area contributed by atoms with E-state index in [2.05, 4.69) is 0 Å². The van der Waals surface area contributed by atoms with Gasteiger partial charge in [0.05, 0.1) is 18.1 Å². The third-order valence-electron chi connectivity index (χ3n) is 3.03. The normalized spacial score (nSPS) is 15.9. The molecule has 128 valence electrons. The lowest BCUT2D eigenvalue weighted by atomic mass is 10.2. The van der Waals surface area contributed by atoms with E-state index in [1.165, 1.54) is 6.08 Å². The van der Waals surface area contributed by atoms with Gasteiger partial charge in [-0.05, 0) is 49.4 Å². The van der Waals surface area contributed by atoms with E-state index < -0.39 is 23.7 Å². The van der Waals surface area contributed by atoms with Gasteiger partial charge in [-0.15, -0.1) is 0 Å². The van der Waals surface area contributed by atoms with Gasteiger partial charge in [-0.3, -0.25) is 19.3 Å². The van der Waals surface area contributed by atoms with Crippen LogP contribution in [0, 0.1) is 0 Å². The van der Waals surface area contributed by atoms with Crippen molar-refractivity contribution in [2.75, 3.05) is 19.8 Å². The summed E-state index contributed by atoms with van der Waals surface area (Å²) in [4.78, 5) is 35.5. The third kappa shape index (κ3) is 4.08. The van der Waals surface area contributed by atoms with Crippen LogP contribution in [0.5, 0.6) is 11.5 Å². The van der Waals surface area contributed by atoms with Crippen molar-refractivity contribution < 1.29 is 29.0 Å². The van der Waals surface area contributed by atoms with Crippen LogP contribution in [0.25, 0.3) is 6.08 Å². The summed E-state index contributed by atoms with van der Waals surface area (Å²) in [5, 5.41) is 8.16. The molecule has 0 saturated carbocycles. The summed E-state index contributed by atoms with van der Waals surface area (Å²) in [6, 6.07) is 5.17. The zero-order chi connectivity index (χ0) is 17.7. The first-order valence-electron chi connectivity index (χ1n) is 7.33. The number of rotatable bonds is 7. The first-order chi connectivity index (χ1) is 11.5. The fourth-order valence-electron chi connectivity index (χ4n) is 2.08. The molecule has 0 radical (unpaired) electrons. The summed E-state index contributed by atoms with van der Waals surface area (Å²) in [7, 11) is 0. The monoisotopic (exact) mass is 351 g/mol. The maximum absolute atomic E-state index is 12.1. The molecule has 0 bridgehead atoms. The first-order valence-corrected chi connectivity index (χ1v) is 8.14. The topological polar surface area (TPSA) is 93.1 Å². The van der Waals surface area contributed by atoms with Crippen LogP contribution in [0.1, 0.15) is 19.4 Å². The van der Waals surface area contributed by atoms with Crippen LogP contribution in [0.2, 0.25) is 0 Å². The number of hydrogen-bond acceptors (Lipinski definition) is 6. The van der Waals surface area contributed by atoms with Crippen molar-refractivity contribution in [2.45, 2.75) is 13.8 Å². The van der Waals surface area contributed by atoms with E-state index in [0.29, 0.717) is 46.9 Å². The van der Waals surface area contributed by atoms with E-state index in [1.807, 2.05) is 13.8 Å². The second kappa shape index (κ2) is 7.87. The SMILES string of the molecule is CCOc1ccc(/C=C2/SC(=O)N(CC(=O)O)C2=O)cc1OCC. The molecule has 1 heterocycles. The molecule has 2 amide bonds. The van der Waals surface area contributed by atoms with E-state index in [1.54, 1.807) is 18.2 Å². The number of hydrogen-bond donors (Lipinski definition) is 1. The molecule has 1 saturated heterocycles. The molecule has 1 aromatic carbocycles. The number of aliphatic carboxylic acids is 1. The number of thioether (sulfide) groups is 1. The molecule has 24 heavy (non-hydrogen) atoms. The number of ether oxygens (including phenoxy) is 2. The molecule has 0 spiro atoms. The Kier molecular flexibility index (Phi) is 5.86. The average Bonchev–Trinajstić information content (AvgIpc) is 2.77. The van der Waals surface area contributed by atoms with Crippen LogP contribution >= 0.6 is 11.8 Å². The van der Waals surface area contributed by atoms with Gasteiger partial charge in [0.1, 0.15) is 6.54 Å². The molecule has 1 aliphatic heterocycles. The molecular weight excluding hydrogens is 334 g/mol. The predicted molar refractivity (Wildman–Crippen MR) is 89.1 cm³/mol. The fraction of sp³-hybridized carbons (Fsp3) is 0.312. The summed E-state index contributed by atoms with van der Waals surface area (Å²) in [6.07, 6.45) is 1.53. The Morgan fingerprint density at radius 2 is 1.88 bits per heavy atom. The molecule has 1 N–H and O–H groups in total. The van der Waals surface area contributed by atoms with Gasteiger partial charge in [0, 0.05) is 0 Å². The smallest absolute Gasteiger partial charge is 0.323 e. The van der Waals surface area contributed by atoms with Gasteiger partial charge in [0.15, 0.2) is 11.5 Å². The van der Waals surface area contributed by atoms with Crippen molar-refractivity contribution in [3.05, 3.63) is 28.7 Å². The summed E-state index contributed by atoms with van der Waals surface area (Å²) in [5.74, 6) is -0.717. The minimum absolute atomic E-state index is 0.174.